The molecule has 6 heteroatoms. The van der Waals surface area contributed by atoms with Crippen molar-refractivity contribution >= 4 is 10.0 Å². The predicted octanol–water partition coefficient (Wildman–Crippen LogP) is -0.0909. The largest absolute Gasteiger partial charge is 0.256 e. The van der Waals surface area contributed by atoms with E-state index in [1.165, 1.54) is 6.07 Å². The Bertz CT molecular complexity index is 473. The van der Waals surface area contributed by atoms with E-state index in [1.54, 1.807) is 19.1 Å². The van der Waals surface area contributed by atoms with Gasteiger partial charge in [0.05, 0.1) is 5.56 Å². The van der Waals surface area contributed by atoms with Gasteiger partial charge in [-0.05, 0) is 19.1 Å². The molecule has 0 spiro atoms. The second kappa shape index (κ2) is 3.12. The zero-order valence-electron chi connectivity index (χ0n) is 6.85. The predicted molar refractivity (Wildman–Crippen MR) is 45.1 cm³/mol. The number of pyridine rings is 1. The third-order valence-corrected chi connectivity index (χ3v) is 2.24. The fourth-order valence-corrected chi connectivity index (χ4v) is 1.53. The van der Waals surface area contributed by atoms with Gasteiger partial charge in [0.25, 0.3) is 10.0 Å². The first kappa shape index (κ1) is 9.64. The van der Waals surface area contributed by atoms with Crippen LogP contribution in [0, 0.1) is 18.3 Å². The molecule has 13 heavy (non-hydrogen) atoms. The fourth-order valence-electron chi connectivity index (χ4n) is 0.835. The lowest BCUT2D eigenvalue weighted by atomic mass is 10.3. The summed E-state index contributed by atoms with van der Waals surface area (Å²) < 4.78 is 21.9. The van der Waals surface area contributed by atoms with E-state index >= 15 is 0 Å². The lowest BCUT2D eigenvalue weighted by molar-refractivity contribution is 0.593. The number of aromatic nitrogens is 1. The number of nitrogens with two attached hydrogens (primary N) is 1. The Balaban J connectivity index is 3.53. The van der Waals surface area contributed by atoms with Crippen LogP contribution in [0.1, 0.15) is 11.3 Å². The summed E-state index contributed by atoms with van der Waals surface area (Å²) >= 11 is 0. The molecule has 1 aromatic rings. The van der Waals surface area contributed by atoms with E-state index in [9.17, 15) is 8.42 Å². The Hall–Kier alpha value is -1.45. The van der Waals surface area contributed by atoms with Crippen LogP contribution in [0.2, 0.25) is 0 Å². The zero-order chi connectivity index (χ0) is 10.1. The third-order valence-electron chi connectivity index (χ3n) is 1.39. The van der Waals surface area contributed by atoms with Gasteiger partial charge >= 0.3 is 0 Å². The van der Waals surface area contributed by atoms with Gasteiger partial charge in [0.1, 0.15) is 6.07 Å². The molecule has 1 heterocycles. The highest BCUT2D eigenvalue weighted by Crippen LogP contribution is 2.10. The van der Waals surface area contributed by atoms with Gasteiger partial charge in [-0.1, -0.05) is 0 Å². The average molecular weight is 197 g/mol. The molecule has 0 amide bonds. The van der Waals surface area contributed by atoms with Gasteiger partial charge in [-0.25, -0.2) is 18.5 Å². The summed E-state index contributed by atoms with van der Waals surface area (Å²) in [5, 5.41) is 13.1. The molecule has 1 rings (SSSR count). The number of hydrogen-bond acceptors (Lipinski definition) is 4. The quantitative estimate of drug-likeness (QED) is 0.680. The highest BCUT2D eigenvalue weighted by Gasteiger charge is 2.15. The van der Waals surface area contributed by atoms with Gasteiger partial charge in [0.2, 0.25) is 0 Å². The Kier molecular flexibility index (Phi) is 2.32. The van der Waals surface area contributed by atoms with Crippen molar-refractivity contribution in [1.29, 1.82) is 5.26 Å². The molecule has 5 nitrogen and oxygen atoms in total. The monoisotopic (exact) mass is 197 g/mol. The van der Waals surface area contributed by atoms with Crippen LogP contribution in [0.25, 0.3) is 0 Å². The molecule has 0 aliphatic carbocycles. The number of nitrogens with zero attached hydrogens (tertiary/aromatic N) is 2. The molecule has 68 valence electrons. The second-order valence-corrected chi connectivity index (χ2v) is 3.94. The molecule has 0 radical (unpaired) electrons. The summed E-state index contributed by atoms with van der Waals surface area (Å²) in [7, 11) is -3.90. The van der Waals surface area contributed by atoms with Crippen molar-refractivity contribution in [2.75, 3.05) is 0 Å². The van der Waals surface area contributed by atoms with Crippen LogP contribution < -0.4 is 5.14 Å². The van der Waals surface area contributed by atoms with Crippen molar-refractivity contribution in [2.24, 2.45) is 5.14 Å². The fraction of sp³-hybridized carbons (Fsp3) is 0.143. The molecule has 0 aromatic carbocycles. The minimum atomic E-state index is -3.90. The van der Waals surface area contributed by atoms with E-state index in [0.29, 0.717) is 5.69 Å². The van der Waals surface area contributed by atoms with E-state index in [-0.39, 0.29) is 10.6 Å². The lowest BCUT2D eigenvalue weighted by Gasteiger charge is -2.00. The van der Waals surface area contributed by atoms with Gasteiger partial charge < -0.3 is 0 Å². The van der Waals surface area contributed by atoms with Gasteiger partial charge in [0.15, 0.2) is 5.03 Å². The minimum absolute atomic E-state index is 0.0342. The first-order valence-corrected chi connectivity index (χ1v) is 4.90. The van der Waals surface area contributed by atoms with E-state index in [0.717, 1.165) is 0 Å². The van der Waals surface area contributed by atoms with Gasteiger partial charge in [-0.3, -0.25) is 0 Å². The van der Waals surface area contributed by atoms with Crippen molar-refractivity contribution in [1.82, 2.24) is 4.98 Å². The number of hydrogen-bond donors (Lipinski definition) is 1. The van der Waals surface area contributed by atoms with Crippen LogP contribution >= 0.6 is 0 Å². The van der Waals surface area contributed by atoms with Crippen LogP contribution in [0.5, 0.6) is 0 Å². The maximum atomic E-state index is 10.9. The minimum Gasteiger partial charge on any atom is -0.239 e. The Labute approximate surface area is 75.9 Å². The third kappa shape index (κ3) is 2.02. The molecule has 0 unspecified atom stereocenters. The smallest absolute Gasteiger partial charge is 0.239 e. The summed E-state index contributed by atoms with van der Waals surface area (Å²) in [5.74, 6) is 0. The van der Waals surface area contributed by atoms with Crippen molar-refractivity contribution in [2.45, 2.75) is 11.9 Å². The number of sulfonamides is 1. The van der Waals surface area contributed by atoms with Gasteiger partial charge in [0, 0.05) is 5.69 Å². The van der Waals surface area contributed by atoms with Gasteiger partial charge in [-0.2, -0.15) is 5.26 Å². The zero-order valence-corrected chi connectivity index (χ0v) is 7.67. The molecule has 0 atom stereocenters. The molecule has 0 saturated heterocycles. The van der Waals surface area contributed by atoms with E-state index < -0.39 is 10.0 Å². The molecule has 0 bridgehead atoms. The average Bonchev–Trinajstić information content (AvgIpc) is 2.03. The molecule has 1 aromatic heterocycles. The molecule has 0 aliphatic rings. The van der Waals surface area contributed by atoms with Crippen LogP contribution in [-0.2, 0) is 10.0 Å². The van der Waals surface area contributed by atoms with Crippen molar-refractivity contribution in [3.63, 3.8) is 0 Å². The standard InChI is InChI=1S/C7H7N3O2S/c1-5-2-3-6(4-8)7(10-5)13(9,11)12/h2-3H,1H3,(H2,9,11,12). The number of nitriles is 1. The molecule has 0 aliphatic heterocycles. The highest BCUT2D eigenvalue weighted by molar-refractivity contribution is 7.89. The molecule has 0 fully saturated rings. The maximum absolute atomic E-state index is 10.9. The molecular weight excluding hydrogens is 190 g/mol. The topological polar surface area (TPSA) is 96.8 Å². The Morgan fingerprint density at radius 3 is 2.62 bits per heavy atom. The second-order valence-electron chi connectivity index (χ2n) is 2.46. The molecule has 0 saturated carbocycles. The van der Waals surface area contributed by atoms with Crippen LogP contribution in [0.3, 0.4) is 0 Å². The van der Waals surface area contributed by atoms with E-state index in [4.69, 9.17) is 10.4 Å². The Morgan fingerprint density at radius 1 is 1.54 bits per heavy atom. The summed E-state index contributed by atoms with van der Waals surface area (Å²) in [6.45, 7) is 1.62. The number of primary sulfonamides is 1. The first-order chi connectivity index (χ1) is 5.95. The van der Waals surface area contributed by atoms with Crippen LogP contribution in [0.4, 0.5) is 0 Å². The molecule has 2 N–H and O–H groups in total. The summed E-state index contributed by atoms with van der Waals surface area (Å²) in [5.41, 5.74) is 0.469. The first-order valence-electron chi connectivity index (χ1n) is 3.35. The van der Waals surface area contributed by atoms with Gasteiger partial charge in [-0.15, -0.1) is 0 Å². The summed E-state index contributed by atoms with van der Waals surface area (Å²) in [6, 6.07) is 4.63. The number of aryl methyl sites for hydroxylation is 1. The van der Waals surface area contributed by atoms with E-state index in [1.807, 2.05) is 0 Å². The summed E-state index contributed by atoms with van der Waals surface area (Å²) in [4.78, 5) is 3.68. The summed E-state index contributed by atoms with van der Waals surface area (Å²) in [6.07, 6.45) is 0. The highest BCUT2D eigenvalue weighted by atomic mass is 32.2. The van der Waals surface area contributed by atoms with E-state index in [2.05, 4.69) is 4.98 Å². The lowest BCUT2D eigenvalue weighted by Crippen LogP contribution is -2.16. The van der Waals surface area contributed by atoms with Crippen molar-refractivity contribution < 1.29 is 8.42 Å². The molecular formula is C7H7N3O2S. The van der Waals surface area contributed by atoms with Crippen molar-refractivity contribution in [3.8, 4) is 6.07 Å². The van der Waals surface area contributed by atoms with Crippen LogP contribution in [0.15, 0.2) is 17.2 Å². The number of rotatable bonds is 1. The van der Waals surface area contributed by atoms with Crippen LogP contribution in [-0.4, -0.2) is 13.4 Å². The SMILES string of the molecule is Cc1ccc(C#N)c(S(N)(=O)=O)n1. The maximum Gasteiger partial charge on any atom is 0.256 e. The van der Waals surface area contributed by atoms with Crippen molar-refractivity contribution in [3.05, 3.63) is 23.4 Å². The Morgan fingerprint density at radius 2 is 2.15 bits per heavy atom. The normalized spacial score (nSPS) is 10.8.